The van der Waals surface area contributed by atoms with Crippen LogP contribution in [-0.2, 0) is 0 Å². The predicted octanol–water partition coefficient (Wildman–Crippen LogP) is 8.17. The standard InChI is InChI=1S/C17H18O3.3C4H9.Sn/c18-15(11-16(19)13-7-3-1-4-8-13)12-17(20)14-9-5-2-6-10-14;3*1-3-4-2;/h1-11,16-20H,12H2;3*1,3-4H2,2H3;/b15-11-;;;;. The molecule has 0 heterocycles. The molecule has 0 bridgehead atoms. The van der Waals surface area contributed by atoms with Crippen molar-refractivity contribution in [3.8, 4) is 0 Å². The second kappa shape index (κ2) is 19.1. The summed E-state index contributed by atoms with van der Waals surface area (Å²) in [5.41, 5.74) is 1.44. The van der Waals surface area contributed by atoms with E-state index in [1.54, 1.807) is 37.6 Å². The van der Waals surface area contributed by atoms with Crippen molar-refractivity contribution in [1.29, 1.82) is 0 Å². The Labute approximate surface area is 209 Å². The summed E-state index contributed by atoms with van der Waals surface area (Å²) in [5.74, 6) is -0.0299. The molecule has 0 aromatic heterocycles. The first kappa shape index (κ1) is 29.7. The van der Waals surface area contributed by atoms with Crippen LogP contribution in [0.25, 0.3) is 0 Å². The number of hydrogen-bond acceptors (Lipinski definition) is 3. The Morgan fingerprint density at radius 3 is 1.58 bits per heavy atom. The van der Waals surface area contributed by atoms with Crippen LogP contribution < -0.4 is 0 Å². The van der Waals surface area contributed by atoms with Crippen molar-refractivity contribution >= 4 is 19.8 Å². The van der Waals surface area contributed by atoms with Crippen molar-refractivity contribution in [3.63, 3.8) is 0 Å². The van der Waals surface area contributed by atoms with Gasteiger partial charge in [-0.15, -0.1) is 0 Å². The predicted molar refractivity (Wildman–Crippen MR) is 143 cm³/mol. The molecule has 0 fully saturated rings. The van der Waals surface area contributed by atoms with E-state index in [0.29, 0.717) is 5.56 Å². The van der Waals surface area contributed by atoms with Crippen LogP contribution in [-0.4, -0.2) is 35.1 Å². The summed E-state index contributed by atoms with van der Waals surface area (Å²) in [4.78, 5) is 0. The van der Waals surface area contributed by atoms with Crippen LogP contribution in [0.3, 0.4) is 0 Å². The fraction of sp³-hybridized carbons (Fsp3) is 0.517. The van der Waals surface area contributed by atoms with Crippen molar-refractivity contribution in [3.05, 3.63) is 83.6 Å². The van der Waals surface area contributed by atoms with Gasteiger partial charge < -0.3 is 15.3 Å². The van der Waals surface area contributed by atoms with Crippen molar-refractivity contribution in [2.24, 2.45) is 0 Å². The van der Waals surface area contributed by atoms with Crippen LogP contribution in [0.15, 0.2) is 72.5 Å². The quantitative estimate of drug-likeness (QED) is 0.161. The first-order valence-corrected chi connectivity index (χ1v) is 18.8. The summed E-state index contributed by atoms with van der Waals surface area (Å²) in [6, 6.07) is 18.2. The Morgan fingerprint density at radius 2 is 1.15 bits per heavy atom. The topological polar surface area (TPSA) is 60.7 Å². The molecule has 0 saturated heterocycles. The summed E-state index contributed by atoms with van der Waals surface area (Å²) in [6.07, 6.45) is 8.61. The minimum Gasteiger partial charge on any atom is -0.512 e. The van der Waals surface area contributed by atoms with Gasteiger partial charge in [-0.1, -0.05) is 60.7 Å². The Bertz CT molecular complexity index is 714. The average Bonchev–Trinajstić information content (AvgIpc) is 2.85. The fourth-order valence-corrected chi connectivity index (χ4v) is 13.1. The van der Waals surface area contributed by atoms with Gasteiger partial charge in [0.15, 0.2) is 0 Å². The number of hydrogen-bond donors (Lipinski definition) is 3. The second-order valence-electron chi connectivity index (χ2n) is 8.70. The van der Waals surface area contributed by atoms with Gasteiger partial charge in [0.25, 0.3) is 0 Å². The third-order valence-corrected chi connectivity index (χ3v) is 14.8. The van der Waals surface area contributed by atoms with Crippen LogP contribution in [0.2, 0.25) is 13.3 Å². The minimum absolute atomic E-state index is 0.0299. The van der Waals surface area contributed by atoms with E-state index in [1.807, 2.05) is 36.4 Å². The van der Waals surface area contributed by atoms with Gasteiger partial charge in [-0.2, -0.15) is 0 Å². The first-order valence-electron chi connectivity index (χ1n) is 12.7. The monoisotopic (exact) mass is 561 g/mol. The number of benzene rings is 2. The molecule has 0 aliphatic rings. The van der Waals surface area contributed by atoms with E-state index >= 15 is 0 Å². The van der Waals surface area contributed by atoms with Crippen molar-refractivity contribution < 1.29 is 15.3 Å². The van der Waals surface area contributed by atoms with Crippen LogP contribution >= 0.6 is 0 Å². The molecule has 1 radical (unpaired) electrons. The Morgan fingerprint density at radius 1 is 0.727 bits per heavy atom. The summed E-state index contributed by atoms with van der Waals surface area (Å²) < 4.78 is 5.04. The minimum atomic E-state index is -0.876. The van der Waals surface area contributed by atoms with E-state index in [9.17, 15) is 15.3 Å². The molecule has 2 rings (SSSR count). The number of rotatable bonds is 14. The maximum atomic E-state index is 9.99. The third kappa shape index (κ3) is 13.9. The molecule has 4 heteroatoms. The number of aliphatic hydroxyl groups is 3. The molecule has 183 valence electrons. The maximum absolute atomic E-state index is 9.99. The molecule has 33 heavy (non-hydrogen) atoms. The molecular weight excluding hydrogens is 515 g/mol. The van der Waals surface area contributed by atoms with Crippen molar-refractivity contribution in [2.75, 3.05) is 0 Å². The summed E-state index contributed by atoms with van der Waals surface area (Å²) >= 11 is -0.839. The Kier molecular flexibility index (Phi) is 17.2. The van der Waals surface area contributed by atoms with Crippen LogP contribution in [0.4, 0.5) is 0 Å². The zero-order valence-corrected chi connectivity index (χ0v) is 23.8. The van der Waals surface area contributed by atoms with Gasteiger partial charge in [0, 0.05) is 6.42 Å². The number of unbranched alkanes of at least 4 members (excludes halogenated alkanes) is 3. The van der Waals surface area contributed by atoms with Crippen LogP contribution in [0.5, 0.6) is 0 Å². The molecule has 2 aromatic rings. The molecule has 0 amide bonds. The van der Waals surface area contributed by atoms with Gasteiger partial charge in [-0.3, -0.25) is 0 Å². The van der Waals surface area contributed by atoms with Crippen LogP contribution in [0, 0.1) is 0 Å². The Balaban J connectivity index is 0.000000366. The zero-order chi connectivity index (χ0) is 24.3. The van der Waals surface area contributed by atoms with E-state index in [2.05, 4.69) is 20.8 Å². The molecule has 2 unspecified atom stereocenters. The molecule has 3 N–H and O–H groups in total. The van der Waals surface area contributed by atoms with Crippen molar-refractivity contribution in [2.45, 2.75) is 91.2 Å². The number of aliphatic hydroxyl groups excluding tert-OH is 3. The van der Waals surface area contributed by atoms with Gasteiger partial charge in [0.2, 0.25) is 0 Å². The molecule has 0 saturated carbocycles. The van der Waals surface area contributed by atoms with Crippen LogP contribution in [0.1, 0.15) is 89.1 Å². The molecule has 0 aliphatic heterocycles. The summed E-state index contributed by atoms with van der Waals surface area (Å²) in [5, 5.41) is 29.8. The normalized spacial score (nSPS) is 13.3. The third-order valence-electron chi connectivity index (χ3n) is 5.73. The summed E-state index contributed by atoms with van der Waals surface area (Å²) in [7, 11) is 0. The van der Waals surface area contributed by atoms with Crippen molar-refractivity contribution in [1.82, 2.24) is 0 Å². The van der Waals surface area contributed by atoms with E-state index in [1.165, 1.54) is 44.6 Å². The summed E-state index contributed by atoms with van der Waals surface area (Å²) in [6.45, 7) is 7.00. The van der Waals surface area contributed by atoms with Gasteiger partial charge >= 0.3 is 92.4 Å². The van der Waals surface area contributed by atoms with Gasteiger partial charge in [-0.25, -0.2) is 0 Å². The second-order valence-corrected chi connectivity index (χ2v) is 17.3. The van der Waals surface area contributed by atoms with E-state index in [0.717, 1.165) is 5.56 Å². The van der Waals surface area contributed by atoms with Gasteiger partial charge in [-0.05, 0) is 17.2 Å². The average molecular weight is 560 g/mol. The SMILES string of the molecule is CCC[CH2][Sn]([CH2]CCC)[CH2]CCC.O/C(=C\C(O)c1ccccc1)CC(O)c1ccccc1. The van der Waals surface area contributed by atoms with E-state index in [-0.39, 0.29) is 12.2 Å². The molecular formula is C29H45O3Sn. The zero-order valence-electron chi connectivity index (χ0n) is 20.9. The molecule has 3 nitrogen and oxygen atoms in total. The largest absolute Gasteiger partial charge is 0.512 e. The Hall–Kier alpha value is -1.30. The maximum Gasteiger partial charge on any atom is 0.101 e. The van der Waals surface area contributed by atoms with Gasteiger partial charge in [0.05, 0.1) is 11.9 Å². The fourth-order valence-electron chi connectivity index (χ4n) is 3.64. The van der Waals surface area contributed by atoms with E-state index in [4.69, 9.17) is 0 Å². The van der Waals surface area contributed by atoms with Gasteiger partial charge in [0.1, 0.15) is 6.10 Å². The molecule has 0 spiro atoms. The first-order chi connectivity index (χ1) is 16.0. The molecule has 0 aliphatic carbocycles. The smallest absolute Gasteiger partial charge is 0.101 e. The molecule has 2 aromatic carbocycles. The van der Waals surface area contributed by atoms with E-state index < -0.39 is 32.0 Å². The molecule has 2 atom stereocenters.